The Hall–Kier alpha value is -2.98. The van der Waals surface area contributed by atoms with E-state index in [4.69, 9.17) is 21.1 Å². The van der Waals surface area contributed by atoms with Crippen LogP contribution >= 0.6 is 11.6 Å². The van der Waals surface area contributed by atoms with Gasteiger partial charge >= 0.3 is 6.09 Å². The average Bonchev–Trinajstić information content (AvgIpc) is 3.11. The number of carbonyl (C=O) groups is 2. The molecule has 2 aromatic rings. The van der Waals surface area contributed by atoms with Gasteiger partial charge in [0, 0.05) is 42.5 Å². The second-order valence-electron chi connectivity index (χ2n) is 14.2. The number of carbonyl (C=O) groups excluding carboxylic acids is 2. The summed E-state index contributed by atoms with van der Waals surface area (Å²) in [6, 6.07) is 11.1. The molecule has 1 saturated heterocycles. The molecule has 6 rings (SSSR count). The number of anilines is 1. The van der Waals surface area contributed by atoms with E-state index in [1.165, 1.54) is 23.6 Å². The van der Waals surface area contributed by atoms with Gasteiger partial charge in [0.2, 0.25) is 5.91 Å². The van der Waals surface area contributed by atoms with E-state index in [1.54, 1.807) is 37.8 Å². The van der Waals surface area contributed by atoms with Crippen molar-refractivity contribution in [3.05, 3.63) is 52.5 Å². The third kappa shape index (κ3) is 6.92. The molecule has 2 amide bonds. The summed E-state index contributed by atoms with van der Waals surface area (Å²) < 4.78 is 41.4. The van der Waals surface area contributed by atoms with Crippen LogP contribution in [-0.2, 0) is 31.4 Å². The predicted octanol–water partition coefficient (Wildman–Crippen LogP) is 6.07. The van der Waals surface area contributed by atoms with E-state index in [0.29, 0.717) is 44.2 Å². The molecule has 9 nitrogen and oxygen atoms in total. The number of likely N-dealkylation sites (tertiary alicyclic amines) is 1. The van der Waals surface area contributed by atoms with Gasteiger partial charge in [-0.1, -0.05) is 24.1 Å². The molecule has 11 heteroatoms. The molecule has 1 N–H and O–H groups in total. The monoisotopic (exact) mass is 657 g/mol. The first-order chi connectivity index (χ1) is 21.3. The molecule has 0 radical (unpaired) electrons. The second-order valence-corrected chi connectivity index (χ2v) is 16.4. The largest absolute Gasteiger partial charge is 0.490 e. The van der Waals surface area contributed by atoms with Gasteiger partial charge < -0.3 is 19.3 Å². The van der Waals surface area contributed by atoms with E-state index in [0.717, 1.165) is 55.9 Å². The highest BCUT2D eigenvalue weighted by molar-refractivity contribution is 7.90. The van der Waals surface area contributed by atoms with Crippen LogP contribution in [0, 0.1) is 11.8 Å². The van der Waals surface area contributed by atoms with Crippen LogP contribution in [0.4, 0.5) is 10.5 Å². The van der Waals surface area contributed by atoms with Gasteiger partial charge in [0.15, 0.2) is 0 Å². The van der Waals surface area contributed by atoms with Crippen LogP contribution in [0.3, 0.4) is 0 Å². The fourth-order valence-electron chi connectivity index (χ4n) is 7.17. The maximum atomic E-state index is 13.6. The third-order valence-corrected chi connectivity index (χ3v) is 11.4. The molecular formula is C34H44ClN3O6S. The Kier molecular flexibility index (Phi) is 8.76. The fourth-order valence-corrected chi connectivity index (χ4v) is 8.43. The first kappa shape index (κ1) is 32.0. The van der Waals surface area contributed by atoms with Crippen molar-refractivity contribution < 1.29 is 27.5 Å². The van der Waals surface area contributed by atoms with Crippen LogP contribution in [0.1, 0.15) is 76.8 Å². The number of aryl methyl sites for hydroxylation is 1. The average molecular weight is 658 g/mol. The van der Waals surface area contributed by atoms with Crippen molar-refractivity contribution in [3.63, 3.8) is 0 Å². The van der Waals surface area contributed by atoms with Crippen LogP contribution in [0.15, 0.2) is 41.3 Å². The Labute approximate surface area is 271 Å². The SMILES string of the molecule is CC(C)(C)OC(=O)N1CCC(C(=O)NS(=O)(=O)c2ccc3c(c2)N(CC2CCC2)CC2(CCCc4cc(Cl)ccc42)CO3)CC1. The van der Waals surface area contributed by atoms with Gasteiger partial charge in [0.25, 0.3) is 10.0 Å². The minimum atomic E-state index is -4.14. The van der Waals surface area contributed by atoms with Crippen molar-refractivity contribution in [2.45, 2.75) is 88.0 Å². The van der Waals surface area contributed by atoms with Crippen molar-refractivity contribution >= 4 is 39.3 Å². The topological polar surface area (TPSA) is 105 Å². The minimum Gasteiger partial charge on any atom is -0.490 e. The lowest BCUT2D eigenvalue weighted by atomic mass is 9.70. The van der Waals surface area contributed by atoms with E-state index in [1.807, 2.05) is 6.07 Å². The summed E-state index contributed by atoms with van der Waals surface area (Å²) in [5.74, 6) is 0.144. The van der Waals surface area contributed by atoms with Crippen molar-refractivity contribution in [1.29, 1.82) is 0 Å². The highest BCUT2D eigenvalue weighted by atomic mass is 35.5. The number of nitrogens with one attached hydrogen (secondary N) is 1. The Balaban J connectivity index is 1.20. The molecule has 2 fully saturated rings. The zero-order valence-electron chi connectivity index (χ0n) is 26.4. The number of piperidine rings is 1. The second kappa shape index (κ2) is 12.3. The van der Waals surface area contributed by atoms with Crippen LogP contribution in [0.2, 0.25) is 5.02 Å². The molecule has 0 bridgehead atoms. The zero-order chi connectivity index (χ0) is 32.0. The fraction of sp³-hybridized carbons (Fsp3) is 0.588. The number of hydrogen-bond donors (Lipinski definition) is 1. The van der Waals surface area contributed by atoms with Gasteiger partial charge in [0.05, 0.1) is 17.2 Å². The van der Waals surface area contributed by atoms with Crippen LogP contribution in [-0.4, -0.2) is 63.7 Å². The molecule has 2 aliphatic carbocycles. The van der Waals surface area contributed by atoms with E-state index in [2.05, 4.69) is 21.8 Å². The number of fused-ring (bicyclic) bond motifs is 3. The van der Waals surface area contributed by atoms with Crippen molar-refractivity contribution in [1.82, 2.24) is 9.62 Å². The highest BCUT2D eigenvalue weighted by Crippen LogP contribution is 2.45. The Morgan fingerprint density at radius 1 is 1.07 bits per heavy atom. The number of ether oxygens (including phenoxy) is 2. The molecule has 0 aromatic heterocycles. The smallest absolute Gasteiger partial charge is 0.410 e. The van der Waals surface area contributed by atoms with Crippen LogP contribution in [0.25, 0.3) is 0 Å². The summed E-state index contributed by atoms with van der Waals surface area (Å²) in [7, 11) is -4.14. The molecule has 1 atom stereocenters. The summed E-state index contributed by atoms with van der Waals surface area (Å²) in [6.45, 7) is 8.12. The zero-order valence-corrected chi connectivity index (χ0v) is 28.0. The molecule has 2 aromatic carbocycles. The maximum Gasteiger partial charge on any atom is 0.410 e. The summed E-state index contributed by atoms with van der Waals surface area (Å²) in [5, 5.41) is 0.737. The number of halogens is 1. The van der Waals surface area contributed by atoms with Gasteiger partial charge in [0.1, 0.15) is 11.4 Å². The lowest BCUT2D eigenvalue weighted by Gasteiger charge is -2.42. The Morgan fingerprint density at radius 2 is 1.82 bits per heavy atom. The molecule has 45 heavy (non-hydrogen) atoms. The number of rotatable bonds is 5. The third-order valence-electron chi connectivity index (χ3n) is 9.77. The van der Waals surface area contributed by atoms with Crippen LogP contribution in [0.5, 0.6) is 5.75 Å². The summed E-state index contributed by atoms with van der Waals surface area (Å²) >= 11 is 6.37. The lowest BCUT2D eigenvalue weighted by Crippen LogP contribution is -2.47. The van der Waals surface area contributed by atoms with Crippen molar-refractivity contribution in [2.24, 2.45) is 11.8 Å². The first-order valence-electron chi connectivity index (χ1n) is 16.2. The number of sulfonamides is 1. The molecule has 2 heterocycles. The maximum absolute atomic E-state index is 13.6. The number of hydrogen-bond acceptors (Lipinski definition) is 7. The molecule has 2 aliphatic heterocycles. The quantitative estimate of drug-likeness (QED) is 0.416. The van der Waals surface area contributed by atoms with Crippen molar-refractivity contribution in [2.75, 3.05) is 37.7 Å². The van der Waals surface area contributed by atoms with Gasteiger partial charge in [-0.2, -0.15) is 0 Å². The van der Waals surface area contributed by atoms with Gasteiger partial charge in [-0.15, -0.1) is 0 Å². The number of amides is 2. The van der Waals surface area contributed by atoms with E-state index in [-0.39, 0.29) is 10.3 Å². The Morgan fingerprint density at radius 3 is 2.51 bits per heavy atom. The molecule has 244 valence electrons. The highest BCUT2D eigenvalue weighted by Gasteiger charge is 2.43. The first-order valence-corrected chi connectivity index (χ1v) is 18.0. The van der Waals surface area contributed by atoms with Gasteiger partial charge in [-0.25, -0.2) is 17.9 Å². The normalized spacial score (nSPS) is 22.5. The van der Waals surface area contributed by atoms with Gasteiger partial charge in [-0.3, -0.25) is 4.79 Å². The molecule has 1 spiro atoms. The standard InChI is InChI=1S/C34H44ClN3O6S/c1-33(2,3)44-32(40)37-16-13-24(14-17-37)31(39)36-45(41,42)27-10-12-30-29(19-27)38(20-23-6-4-7-23)21-34(22-43-30)15-5-8-25-18-26(35)9-11-28(25)34/h9-12,18-19,23-24H,4-8,13-17,20-22H2,1-3H3,(H,36,39). The van der Waals surface area contributed by atoms with E-state index < -0.39 is 33.5 Å². The molecule has 4 aliphatic rings. The lowest BCUT2D eigenvalue weighted by molar-refractivity contribution is -0.124. The Bertz CT molecular complexity index is 1560. The molecule has 1 unspecified atom stereocenters. The van der Waals surface area contributed by atoms with E-state index in [9.17, 15) is 18.0 Å². The van der Waals surface area contributed by atoms with Crippen molar-refractivity contribution in [3.8, 4) is 5.75 Å². The minimum absolute atomic E-state index is 0.0368. The van der Waals surface area contributed by atoms with Crippen LogP contribution < -0.4 is 14.4 Å². The molecular weight excluding hydrogens is 614 g/mol. The summed E-state index contributed by atoms with van der Waals surface area (Å²) in [4.78, 5) is 29.5. The number of benzene rings is 2. The summed E-state index contributed by atoms with van der Waals surface area (Å²) in [6.07, 6.45) is 6.83. The van der Waals surface area contributed by atoms with Gasteiger partial charge in [-0.05, 0) is 113 Å². The molecule has 1 saturated carbocycles. The number of nitrogens with zero attached hydrogens (tertiary/aromatic N) is 2. The predicted molar refractivity (Wildman–Crippen MR) is 173 cm³/mol. The summed E-state index contributed by atoms with van der Waals surface area (Å²) in [5.41, 5.74) is 2.43. The van der Waals surface area contributed by atoms with E-state index >= 15 is 0 Å².